The average Bonchev–Trinajstić information content (AvgIpc) is 3.45. The zero-order chi connectivity index (χ0) is 43.2. The molecule has 0 saturated heterocycles. The number of nitrogens with zero attached hydrogens (tertiary/aromatic N) is 1. The third-order valence-electron chi connectivity index (χ3n) is 12.6. The number of hydrogen-bond donors (Lipinski definition) is 3. The molecule has 0 fully saturated rings. The Morgan fingerprint density at radius 1 is 0.917 bits per heavy atom. The first-order valence-corrected chi connectivity index (χ1v) is 21.7. The lowest BCUT2D eigenvalue weighted by Crippen LogP contribution is -2.43. The predicted octanol–water partition coefficient (Wildman–Crippen LogP) is 13.8. The van der Waals surface area contributed by atoms with Crippen molar-refractivity contribution in [3.8, 4) is 5.75 Å². The SMILES string of the molecule is C=C(C)c1cccc(C(C)(C)NC(=O)Nc2ccc(OC3=C(/C=C/C(C)C(C)(C)c4ccccc4NCC)CCC/C3=C\C=C3\N(CC)c4ccccc4C3(C)C)cc2)c1. The minimum absolute atomic E-state index is 0.111. The number of ether oxygens (including phenoxy) is 1. The van der Waals surface area contributed by atoms with Gasteiger partial charge in [-0.15, -0.1) is 0 Å². The molecular weight excluding hydrogens is 737 g/mol. The quantitative estimate of drug-likeness (QED) is 0.119. The second kappa shape index (κ2) is 18.3. The summed E-state index contributed by atoms with van der Waals surface area (Å²) in [6, 6.07) is 33.0. The topological polar surface area (TPSA) is 65.6 Å². The number of amides is 2. The Hall–Kier alpha value is -5.75. The molecule has 0 aromatic heterocycles. The van der Waals surface area contributed by atoms with Gasteiger partial charge < -0.3 is 25.6 Å². The summed E-state index contributed by atoms with van der Waals surface area (Å²) in [5, 5.41) is 9.75. The number of para-hydroxylation sites is 2. The van der Waals surface area contributed by atoms with Gasteiger partial charge in [0.05, 0.1) is 5.54 Å². The normalized spacial score (nSPS) is 17.2. The Bertz CT molecular complexity index is 2320. The van der Waals surface area contributed by atoms with E-state index >= 15 is 0 Å². The fraction of sp³-hybridized carbons (Fsp3) is 0.352. The van der Waals surface area contributed by atoms with Gasteiger partial charge in [-0.1, -0.05) is 120 Å². The molecule has 2 aliphatic rings. The van der Waals surface area contributed by atoms with Gasteiger partial charge in [-0.2, -0.15) is 0 Å². The van der Waals surface area contributed by atoms with Crippen LogP contribution in [0.3, 0.4) is 0 Å². The number of nitrogens with one attached hydrogen (secondary N) is 3. The summed E-state index contributed by atoms with van der Waals surface area (Å²) < 4.78 is 6.92. The van der Waals surface area contributed by atoms with Crippen LogP contribution in [-0.2, 0) is 16.4 Å². The summed E-state index contributed by atoms with van der Waals surface area (Å²) in [5.74, 6) is 1.87. The number of benzene rings is 4. The average molecular weight is 803 g/mol. The zero-order valence-electron chi connectivity index (χ0n) is 37.6. The molecule has 4 aromatic rings. The summed E-state index contributed by atoms with van der Waals surface area (Å²) in [6.07, 6.45) is 12.2. The Morgan fingerprint density at radius 3 is 2.35 bits per heavy atom. The van der Waals surface area contributed by atoms with Gasteiger partial charge in [0.1, 0.15) is 11.5 Å². The van der Waals surface area contributed by atoms with Crippen LogP contribution in [0.4, 0.5) is 21.9 Å². The lowest BCUT2D eigenvalue weighted by Gasteiger charge is -2.33. The van der Waals surface area contributed by atoms with E-state index < -0.39 is 5.54 Å². The van der Waals surface area contributed by atoms with Gasteiger partial charge in [0.2, 0.25) is 0 Å². The van der Waals surface area contributed by atoms with Gasteiger partial charge >= 0.3 is 6.03 Å². The molecule has 0 bridgehead atoms. The number of fused-ring (bicyclic) bond motifs is 1. The van der Waals surface area contributed by atoms with E-state index in [1.807, 2.05) is 63.2 Å². The van der Waals surface area contributed by atoms with Crippen LogP contribution in [0.5, 0.6) is 5.75 Å². The van der Waals surface area contributed by atoms with Crippen molar-refractivity contribution in [2.75, 3.05) is 28.6 Å². The van der Waals surface area contributed by atoms with Crippen molar-refractivity contribution in [1.82, 2.24) is 5.32 Å². The van der Waals surface area contributed by atoms with Crippen molar-refractivity contribution in [3.63, 3.8) is 0 Å². The fourth-order valence-corrected chi connectivity index (χ4v) is 8.56. The zero-order valence-corrected chi connectivity index (χ0v) is 37.6. The number of urea groups is 1. The van der Waals surface area contributed by atoms with E-state index in [4.69, 9.17) is 4.74 Å². The maximum Gasteiger partial charge on any atom is 0.319 e. The Morgan fingerprint density at radius 2 is 1.63 bits per heavy atom. The maximum atomic E-state index is 13.3. The Labute approximate surface area is 360 Å². The van der Waals surface area contributed by atoms with Crippen molar-refractivity contribution in [3.05, 3.63) is 173 Å². The van der Waals surface area contributed by atoms with E-state index in [0.29, 0.717) is 5.69 Å². The number of carbonyl (C=O) groups is 1. The molecule has 1 atom stereocenters. The second-order valence-electron chi connectivity index (χ2n) is 18.0. The van der Waals surface area contributed by atoms with Gasteiger partial charge in [0.25, 0.3) is 0 Å². The Balaban J connectivity index is 1.29. The summed E-state index contributed by atoms with van der Waals surface area (Å²) in [7, 11) is 0. The summed E-state index contributed by atoms with van der Waals surface area (Å²) in [4.78, 5) is 15.7. The van der Waals surface area contributed by atoms with E-state index in [1.54, 1.807) is 0 Å². The van der Waals surface area contributed by atoms with Crippen molar-refractivity contribution in [2.24, 2.45) is 5.92 Å². The molecule has 6 nitrogen and oxygen atoms in total. The lowest BCUT2D eigenvalue weighted by atomic mass is 9.73. The highest BCUT2D eigenvalue weighted by atomic mass is 16.5. The molecule has 3 N–H and O–H groups in total. The predicted molar refractivity (Wildman–Crippen MR) is 255 cm³/mol. The summed E-state index contributed by atoms with van der Waals surface area (Å²) in [5.41, 5.74) is 11.7. The molecule has 6 heteroatoms. The third-order valence-corrected chi connectivity index (χ3v) is 12.6. The maximum absolute atomic E-state index is 13.3. The molecule has 0 radical (unpaired) electrons. The highest BCUT2D eigenvalue weighted by Gasteiger charge is 2.39. The molecular formula is C54H66N4O2. The van der Waals surface area contributed by atoms with Crippen LogP contribution in [0.1, 0.15) is 111 Å². The van der Waals surface area contributed by atoms with Crippen molar-refractivity contribution in [2.45, 2.75) is 105 Å². The number of likely N-dealkylation sites (N-methyl/N-ethyl adjacent to an activating group) is 1. The van der Waals surface area contributed by atoms with Crippen LogP contribution in [0, 0.1) is 5.92 Å². The number of rotatable bonds is 14. The van der Waals surface area contributed by atoms with Gasteiger partial charge in [-0.3, -0.25) is 0 Å². The molecule has 0 saturated carbocycles. The van der Waals surface area contributed by atoms with Crippen LogP contribution in [-0.4, -0.2) is 19.1 Å². The molecule has 1 heterocycles. The molecule has 4 aromatic carbocycles. The van der Waals surface area contributed by atoms with E-state index in [-0.39, 0.29) is 22.8 Å². The molecule has 2 amide bonds. The van der Waals surface area contributed by atoms with Crippen LogP contribution < -0.4 is 25.6 Å². The standard InChI is InChI=1S/C54H66N4O2/c1-12-55-47-26-16-14-24-45(47)52(6,7)38(5)28-29-39-20-18-21-40(30-35-49-53(8,9)46-25-15-17-27-48(46)58(49)13-2)50(39)60-44-33-31-43(32-34-44)56-51(59)57-54(10,11)42-23-19-22-41(36-42)37(3)4/h14-17,19,22-36,38,55H,3,12-13,18,20-21H2,1-2,4-11H3,(H2,56,57,59)/b29-28+,40-30+,49-35+. The van der Waals surface area contributed by atoms with Crippen molar-refractivity contribution < 1.29 is 9.53 Å². The number of anilines is 3. The first-order chi connectivity index (χ1) is 28.6. The summed E-state index contributed by atoms with van der Waals surface area (Å²) in [6.45, 7) is 27.8. The first kappa shape index (κ1) is 43.8. The van der Waals surface area contributed by atoms with Crippen LogP contribution in [0.15, 0.2) is 151 Å². The molecule has 6 rings (SSSR count). The van der Waals surface area contributed by atoms with Crippen LogP contribution in [0.25, 0.3) is 5.57 Å². The van der Waals surface area contributed by atoms with Crippen LogP contribution >= 0.6 is 0 Å². The van der Waals surface area contributed by atoms with Crippen molar-refractivity contribution >= 4 is 28.7 Å². The van der Waals surface area contributed by atoms with E-state index in [1.165, 1.54) is 39.3 Å². The van der Waals surface area contributed by atoms with E-state index in [0.717, 1.165) is 60.6 Å². The first-order valence-electron chi connectivity index (χ1n) is 21.7. The number of carbonyl (C=O) groups excluding carboxylic acids is 1. The molecule has 1 aliphatic heterocycles. The van der Waals surface area contributed by atoms with E-state index in [2.05, 4.69) is 155 Å². The van der Waals surface area contributed by atoms with Crippen LogP contribution in [0.2, 0.25) is 0 Å². The largest absolute Gasteiger partial charge is 0.457 e. The number of hydrogen-bond acceptors (Lipinski definition) is 4. The number of allylic oxidation sites excluding steroid dienone is 8. The minimum Gasteiger partial charge on any atom is -0.457 e. The third kappa shape index (κ3) is 9.49. The minimum atomic E-state index is -0.596. The van der Waals surface area contributed by atoms with Gasteiger partial charge in [-0.05, 0) is 147 Å². The van der Waals surface area contributed by atoms with Gasteiger partial charge in [0.15, 0.2) is 0 Å². The van der Waals surface area contributed by atoms with Crippen molar-refractivity contribution in [1.29, 1.82) is 0 Å². The Kier molecular flexibility index (Phi) is 13.3. The molecule has 0 spiro atoms. The summed E-state index contributed by atoms with van der Waals surface area (Å²) >= 11 is 0. The highest BCUT2D eigenvalue weighted by molar-refractivity contribution is 5.90. The molecule has 1 unspecified atom stereocenters. The monoisotopic (exact) mass is 803 g/mol. The van der Waals surface area contributed by atoms with Gasteiger partial charge in [-0.25, -0.2) is 4.79 Å². The molecule has 60 heavy (non-hydrogen) atoms. The molecule has 1 aliphatic carbocycles. The fourth-order valence-electron chi connectivity index (χ4n) is 8.56. The highest BCUT2D eigenvalue weighted by Crippen LogP contribution is 2.48. The second-order valence-corrected chi connectivity index (χ2v) is 18.0. The lowest BCUT2D eigenvalue weighted by molar-refractivity contribution is 0.242. The van der Waals surface area contributed by atoms with Gasteiger partial charge in [0, 0.05) is 41.3 Å². The smallest absolute Gasteiger partial charge is 0.319 e. The molecule has 314 valence electrons. The van der Waals surface area contributed by atoms with E-state index in [9.17, 15) is 4.79 Å².